The van der Waals surface area contributed by atoms with Crippen LogP contribution in [0.3, 0.4) is 0 Å². The Morgan fingerprint density at radius 1 is 1.57 bits per heavy atom. The van der Waals surface area contributed by atoms with Crippen LogP contribution in [0.1, 0.15) is 20.3 Å². The molecule has 0 saturated heterocycles. The van der Waals surface area contributed by atoms with E-state index in [1.54, 1.807) is 0 Å². The highest BCUT2D eigenvalue weighted by Gasteiger charge is 1.99. The minimum Gasteiger partial charge on any atom is -0.378 e. The van der Waals surface area contributed by atoms with Gasteiger partial charge in [0.2, 0.25) is 0 Å². The van der Waals surface area contributed by atoms with Gasteiger partial charge in [0.25, 0.3) is 0 Å². The molecular formula is C5H11ClO. The molecule has 1 atom stereocenters. The van der Waals surface area contributed by atoms with Crippen LogP contribution in [0.2, 0.25) is 0 Å². The van der Waals surface area contributed by atoms with Crippen LogP contribution in [0.15, 0.2) is 0 Å². The van der Waals surface area contributed by atoms with E-state index in [0.29, 0.717) is 12.3 Å². The molecule has 0 heterocycles. The molecule has 7 heavy (non-hydrogen) atoms. The Kier molecular flexibility index (Phi) is 3.39. The quantitative estimate of drug-likeness (QED) is 0.552. The van der Waals surface area contributed by atoms with E-state index in [1.807, 2.05) is 13.8 Å². The summed E-state index contributed by atoms with van der Waals surface area (Å²) in [5, 5.41) is 8.49. The molecule has 0 rings (SSSR count). The second-order valence-corrected chi connectivity index (χ2v) is 2.57. The number of alkyl halides is 1. The van der Waals surface area contributed by atoms with Gasteiger partial charge in [0.1, 0.15) is 5.56 Å². The molecule has 0 unspecified atom stereocenters. The fraction of sp³-hybridized carbons (Fsp3) is 1.00. The van der Waals surface area contributed by atoms with Crippen LogP contribution in [-0.2, 0) is 0 Å². The molecule has 0 aliphatic rings. The topological polar surface area (TPSA) is 20.2 Å². The first kappa shape index (κ1) is 7.25. The van der Waals surface area contributed by atoms with Gasteiger partial charge >= 0.3 is 0 Å². The molecule has 0 aliphatic carbocycles. The van der Waals surface area contributed by atoms with Crippen molar-refractivity contribution in [1.29, 1.82) is 0 Å². The second kappa shape index (κ2) is 3.28. The molecule has 0 aliphatic heterocycles. The minimum absolute atomic E-state index is 0.493. The molecule has 1 N–H and O–H groups in total. The van der Waals surface area contributed by atoms with Gasteiger partial charge in [-0.25, -0.2) is 0 Å². The molecule has 0 aromatic rings. The van der Waals surface area contributed by atoms with Crippen LogP contribution >= 0.6 is 11.6 Å². The summed E-state index contributed by atoms with van der Waals surface area (Å²) in [7, 11) is 0. The number of hydrogen-bond donors (Lipinski definition) is 1. The summed E-state index contributed by atoms with van der Waals surface area (Å²) in [5.74, 6) is 0.493. The molecule has 0 radical (unpaired) electrons. The lowest BCUT2D eigenvalue weighted by Gasteiger charge is -2.02. The lowest BCUT2D eigenvalue weighted by atomic mass is 10.1. The highest BCUT2D eigenvalue weighted by Crippen LogP contribution is 2.06. The normalized spacial score (nSPS) is 15.0. The minimum atomic E-state index is -0.653. The molecule has 2 heteroatoms. The first-order valence-corrected chi connectivity index (χ1v) is 2.88. The van der Waals surface area contributed by atoms with E-state index in [0.717, 1.165) is 0 Å². The summed E-state index contributed by atoms with van der Waals surface area (Å²) in [6.07, 6.45) is 0.682. The predicted molar refractivity (Wildman–Crippen MR) is 31.3 cm³/mol. The fourth-order valence-electron chi connectivity index (χ4n) is 0.389. The molecule has 0 fully saturated rings. The standard InChI is InChI=1S/C5H11ClO/c1-4(2)3-5(6)7/h4-5,7H,3H2,1-2H3/t5-/m1/s1. The highest BCUT2D eigenvalue weighted by atomic mass is 35.5. The van der Waals surface area contributed by atoms with Gasteiger partial charge in [-0.1, -0.05) is 25.4 Å². The predicted octanol–water partition coefficient (Wildman–Crippen LogP) is 1.59. The zero-order valence-electron chi connectivity index (χ0n) is 4.69. The van der Waals surface area contributed by atoms with Crippen molar-refractivity contribution in [2.75, 3.05) is 0 Å². The molecular weight excluding hydrogens is 112 g/mol. The largest absolute Gasteiger partial charge is 0.378 e. The molecule has 0 saturated carbocycles. The van der Waals surface area contributed by atoms with Crippen LogP contribution in [0.4, 0.5) is 0 Å². The SMILES string of the molecule is CC(C)C[C@@H](O)Cl. The maximum atomic E-state index is 8.49. The lowest BCUT2D eigenvalue weighted by Crippen LogP contribution is -2.00. The average Bonchev–Trinajstić information content (AvgIpc) is 1.27. The zero-order chi connectivity index (χ0) is 5.86. The Balaban J connectivity index is 2.95. The number of aliphatic hydroxyl groups excluding tert-OH is 1. The Labute approximate surface area is 49.3 Å². The van der Waals surface area contributed by atoms with Gasteiger partial charge in [-0.05, 0) is 12.3 Å². The molecule has 44 valence electrons. The van der Waals surface area contributed by atoms with Crippen LogP contribution in [0, 0.1) is 5.92 Å². The van der Waals surface area contributed by atoms with Crippen molar-refractivity contribution < 1.29 is 5.11 Å². The molecule has 0 aromatic heterocycles. The number of aliphatic hydroxyl groups is 1. The van der Waals surface area contributed by atoms with E-state index in [9.17, 15) is 0 Å². The highest BCUT2D eigenvalue weighted by molar-refractivity contribution is 6.19. The average molecular weight is 123 g/mol. The molecule has 0 aromatic carbocycles. The second-order valence-electron chi connectivity index (χ2n) is 2.06. The van der Waals surface area contributed by atoms with E-state index < -0.39 is 5.56 Å². The summed E-state index contributed by atoms with van der Waals surface area (Å²) < 4.78 is 0. The fourth-order valence-corrected chi connectivity index (χ4v) is 0.745. The molecule has 0 spiro atoms. The van der Waals surface area contributed by atoms with Gasteiger partial charge in [0.05, 0.1) is 0 Å². The number of rotatable bonds is 2. The number of halogens is 1. The van der Waals surface area contributed by atoms with E-state index in [1.165, 1.54) is 0 Å². The van der Waals surface area contributed by atoms with E-state index >= 15 is 0 Å². The third-order valence-electron chi connectivity index (χ3n) is 0.666. The molecule has 0 amide bonds. The van der Waals surface area contributed by atoms with Crippen molar-refractivity contribution in [3.05, 3.63) is 0 Å². The Bertz CT molecular complexity index is 37.3. The van der Waals surface area contributed by atoms with Crippen molar-refractivity contribution in [2.45, 2.75) is 25.8 Å². The van der Waals surface area contributed by atoms with E-state index in [-0.39, 0.29) is 0 Å². The van der Waals surface area contributed by atoms with Crippen molar-refractivity contribution >= 4 is 11.6 Å². The van der Waals surface area contributed by atoms with Crippen molar-refractivity contribution in [3.63, 3.8) is 0 Å². The van der Waals surface area contributed by atoms with Gasteiger partial charge in [0, 0.05) is 0 Å². The van der Waals surface area contributed by atoms with Crippen LogP contribution in [0.5, 0.6) is 0 Å². The Morgan fingerprint density at radius 2 is 2.00 bits per heavy atom. The summed E-state index contributed by atoms with van der Waals surface area (Å²) in [4.78, 5) is 0. The van der Waals surface area contributed by atoms with Crippen LogP contribution in [-0.4, -0.2) is 10.7 Å². The van der Waals surface area contributed by atoms with Gasteiger partial charge < -0.3 is 5.11 Å². The van der Waals surface area contributed by atoms with Crippen LogP contribution in [0.25, 0.3) is 0 Å². The summed E-state index contributed by atoms with van der Waals surface area (Å²) in [5.41, 5.74) is -0.653. The summed E-state index contributed by atoms with van der Waals surface area (Å²) >= 11 is 5.23. The maximum Gasteiger partial charge on any atom is 0.128 e. The van der Waals surface area contributed by atoms with Crippen molar-refractivity contribution in [3.8, 4) is 0 Å². The van der Waals surface area contributed by atoms with Crippen molar-refractivity contribution in [1.82, 2.24) is 0 Å². The maximum absolute atomic E-state index is 8.49. The summed E-state index contributed by atoms with van der Waals surface area (Å²) in [6.45, 7) is 4.04. The van der Waals surface area contributed by atoms with Crippen LogP contribution < -0.4 is 0 Å². The summed E-state index contributed by atoms with van der Waals surface area (Å²) in [6, 6.07) is 0. The molecule has 1 nitrogen and oxygen atoms in total. The first-order chi connectivity index (χ1) is 3.13. The van der Waals surface area contributed by atoms with Gasteiger partial charge in [-0.3, -0.25) is 0 Å². The Morgan fingerprint density at radius 3 is 2.00 bits per heavy atom. The number of hydrogen-bond acceptors (Lipinski definition) is 1. The molecule has 0 bridgehead atoms. The zero-order valence-corrected chi connectivity index (χ0v) is 5.44. The Hall–Kier alpha value is 0.250. The smallest absolute Gasteiger partial charge is 0.128 e. The first-order valence-electron chi connectivity index (χ1n) is 2.45. The third kappa shape index (κ3) is 6.25. The van der Waals surface area contributed by atoms with Gasteiger partial charge in [-0.15, -0.1) is 0 Å². The third-order valence-corrected chi connectivity index (χ3v) is 0.844. The van der Waals surface area contributed by atoms with E-state index in [2.05, 4.69) is 0 Å². The van der Waals surface area contributed by atoms with Gasteiger partial charge in [0.15, 0.2) is 0 Å². The van der Waals surface area contributed by atoms with E-state index in [4.69, 9.17) is 16.7 Å². The lowest BCUT2D eigenvalue weighted by molar-refractivity contribution is 0.226. The van der Waals surface area contributed by atoms with Gasteiger partial charge in [-0.2, -0.15) is 0 Å². The van der Waals surface area contributed by atoms with Crippen molar-refractivity contribution in [2.24, 2.45) is 5.92 Å². The monoisotopic (exact) mass is 122 g/mol.